The average molecular weight is 924 g/mol. The molecule has 19 heteroatoms. The molecule has 362 valence electrons. The van der Waals surface area contributed by atoms with E-state index in [1.165, 1.54) is 20.3 Å². The van der Waals surface area contributed by atoms with Crippen molar-refractivity contribution in [2.75, 3.05) is 52.9 Å². The molecule has 1 aromatic carbocycles. The summed E-state index contributed by atoms with van der Waals surface area (Å²) in [5.41, 5.74) is 5.69. The summed E-state index contributed by atoms with van der Waals surface area (Å²) >= 11 is 0.250. The van der Waals surface area contributed by atoms with E-state index in [9.17, 15) is 28.5 Å². The van der Waals surface area contributed by atoms with Gasteiger partial charge in [0, 0.05) is 80.9 Å². The van der Waals surface area contributed by atoms with Gasteiger partial charge in [-0.1, -0.05) is 38.1 Å². The first-order chi connectivity index (χ1) is 30.3. The van der Waals surface area contributed by atoms with Crippen molar-refractivity contribution in [3.8, 4) is 11.3 Å². The van der Waals surface area contributed by atoms with Crippen LogP contribution in [0.3, 0.4) is 0 Å². The van der Waals surface area contributed by atoms with Crippen LogP contribution >= 0.6 is 12.1 Å². The zero-order valence-electron chi connectivity index (χ0n) is 39.6. The number of aryl methyl sites for hydroxylation is 1. The Morgan fingerprint density at radius 1 is 1.12 bits per heavy atom. The zero-order chi connectivity index (χ0) is 47.5. The lowest BCUT2D eigenvalue weighted by molar-refractivity contribution is -0.298. The average Bonchev–Trinajstić information content (AvgIpc) is 3.83. The number of carbonyl (C=O) groups excluding carboxylic acids is 3. The number of anilines is 1. The predicted octanol–water partition coefficient (Wildman–Crippen LogP) is 4.88. The number of esters is 1. The number of likely N-dealkylation sites (N-methyl/N-ethyl adjacent to an activating group) is 1. The Bertz CT molecular complexity index is 1810. The number of nitrogens with zero attached hydrogens (tertiary/aromatic N) is 5. The molecule has 2 aromatic rings. The molecule has 64 heavy (non-hydrogen) atoms. The Labute approximate surface area is 382 Å². The van der Waals surface area contributed by atoms with E-state index in [1.54, 1.807) is 23.4 Å². The number of unbranched alkanes of at least 4 members (excludes halogenated alkanes) is 1. The normalized spacial score (nSPS) is 34.3. The van der Waals surface area contributed by atoms with Crippen LogP contribution in [-0.2, 0) is 39.8 Å². The Morgan fingerprint density at radius 3 is 2.44 bits per heavy atom. The lowest BCUT2D eigenvalue weighted by Gasteiger charge is -2.48. The fourth-order valence-electron chi connectivity index (χ4n) is 9.79. The number of ketones is 1. The molecule has 0 radical (unpaired) electrons. The predicted molar refractivity (Wildman–Crippen MR) is 243 cm³/mol. The molecule has 13 atom stereocenters. The highest BCUT2D eigenvalue weighted by molar-refractivity contribution is 7.93. The summed E-state index contributed by atoms with van der Waals surface area (Å²) in [5.74, 6) is -3.54. The SMILES string of the molecule is CC[C@H]1OC(=O)[C@H](C)C(=O)[C@H](C)[C@@H](O[C@@H]2O[C@H](C)CC(N(C)C)C2O)[C@](CCO)(OC)C[C@@H](C)CN[C@H](C)[C@H]2N(CCCCn3cc(-c4cccc(N)c4)nn3)C(=O)O[C@]12C.CSF. The second-order valence-corrected chi connectivity index (χ2v) is 18.5. The van der Waals surface area contributed by atoms with Gasteiger partial charge >= 0.3 is 12.1 Å². The minimum atomic E-state index is -1.27. The monoisotopic (exact) mass is 924 g/mol. The third-order valence-electron chi connectivity index (χ3n) is 13.1. The van der Waals surface area contributed by atoms with Crippen LogP contribution in [0.4, 0.5) is 14.4 Å². The molecule has 3 fully saturated rings. The number of Topliss-reactive ketones (excluding diaryl/α,β-unsaturated/α-hetero) is 1. The third kappa shape index (κ3) is 12.5. The minimum Gasteiger partial charge on any atom is -0.458 e. The second kappa shape index (κ2) is 23.8. The van der Waals surface area contributed by atoms with E-state index in [-0.39, 0.29) is 49.3 Å². The van der Waals surface area contributed by atoms with Gasteiger partial charge in [0.15, 0.2) is 17.7 Å². The number of methoxy groups -OCH3 is 1. The number of aliphatic hydroxyl groups is 2. The van der Waals surface area contributed by atoms with Gasteiger partial charge in [-0.05, 0) is 98.5 Å². The van der Waals surface area contributed by atoms with Crippen LogP contribution in [0.5, 0.6) is 0 Å². The fourth-order valence-corrected chi connectivity index (χ4v) is 9.79. The molecule has 3 saturated heterocycles. The van der Waals surface area contributed by atoms with Crippen molar-refractivity contribution in [1.29, 1.82) is 0 Å². The fraction of sp³-hybridized carbons (Fsp3) is 0.756. The zero-order valence-corrected chi connectivity index (χ0v) is 40.4. The molecule has 3 aliphatic rings. The number of nitrogens with two attached hydrogens (primary N) is 1. The third-order valence-corrected chi connectivity index (χ3v) is 13.1. The van der Waals surface area contributed by atoms with Gasteiger partial charge in [-0.25, -0.2) is 4.79 Å². The molecule has 5 rings (SSSR count). The maximum atomic E-state index is 14.5. The Balaban J connectivity index is 0.00000291. The van der Waals surface area contributed by atoms with Crippen LogP contribution in [0, 0.1) is 17.8 Å². The largest absolute Gasteiger partial charge is 0.458 e. The van der Waals surface area contributed by atoms with Crippen molar-refractivity contribution in [1.82, 2.24) is 30.1 Å². The van der Waals surface area contributed by atoms with E-state index < -0.39 is 71.5 Å². The molecule has 4 heterocycles. The molecule has 3 aliphatic heterocycles. The number of rotatable bonds is 13. The lowest BCUT2D eigenvalue weighted by atomic mass is 9.76. The molecule has 0 aliphatic carbocycles. The molecular weight excluding hydrogens is 850 g/mol. The van der Waals surface area contributed by atoms with Crippen LogP contribution in [0.1, 0.15) is 87.0 Å². The molecule has 0 saturated carbocycles. The summed E-state index contributed by atoms with van der Waals surface area (Å²) in [6.45, 7) is 13.9. The number of benzene rings is 1. The molecule has 0 bridgehead atoms. The van der Waals surface area contributed by atoms with Crippen LogP contribution in [0.25, 0.3) is 11.3 Å². The summed E-state index contributed by atoms with van der Waals surface area (Å²) in [6, 6.07) is 6.29. The van der Waals surface area contributed by atoms with Gasteiger partial charge < -0.3 is 49.8 Å². The van der Waals surface area contributed by atoms with E-state index >= 15 is 0 Å². The number of hydrogen-bond donors (Lipinski definition) is 4. The number of fused-ring (bicyclic) bond motifs is 1. The number of halogens is 1. The highest BCUT2D eigenvalue weighted by atomic mass is 32.2. The van der Waals surface area contributed by atoms with Gasteiger partial charge in [0.2, 0.25) is 0 Å². The van der Waals surface area contributed by atoms with Gasteiger partial charge in [0.05, 0.1) is 30.0 Å². The lowest BCUT2D eigenvalue weighted by Crippen LogP contribution is -2.61. The number of nitrogens with one attached hydrogen (secondary N) is 1. The van der Waals surface area contributed by atoms with Crippen molar-refractivity contribution >= 4 is 35.7 Å². The summed E-state index contributed by atoms with van der Waals surface area (Å²) < 4.78 is 43.6. The molecule has 1 aromatic heterocycles. The number of cyclic esters (lactones) is 1. The number of ether oxygens (including phenoxy) is 5. The Kier molecular flexibility index (Phi) is 19.8. The number of nitrogen functional groups attached to an aromatic ring is 1. The highest BCUT2D eigenvalue weighted by Gasteiger charge is 2.59. The van der Waals surface area contributed by atoms with E-state index in [4.69, 9.17) is 29.4 Å². The molecule has 2 unspecified atom stereocenters. The first kappa shape index (κ1) is 53.2. The quantitative estimate of drug-likeness (QED) is 0.0913. The molecular formula is C45H74FN7O10S. The van der Waals surface area contributed by atoms with E-state index in [1.807, 2.05) is 77.2 Å². The van der Waals surface area contributed by atoms with Crippen molar-refractivity contribution in [3.05, 3.63) is 30.5 Å². The summed E-state index contributed by atoms with van der Waals surface area (Å²) in [5, 5.41) is 34.3. The van der Waals surface area contributed by atoms with Gasteiger partial charge in [-0.3, -0.25) is 19.2 Å². The van der Waals surface area contributed by atoms with E-state index in [2.05, 4.69) is 15.6 Å². The highest BCUT2D eigenvalue weighted by Crippen LogP contribution is 2.41. The van der Waals surface area contributed by atoms with Gasteiger partial charge in [-0.2, -0.15) is 3.89 Å². The van der Waals surface area contributed by atoms with Crippen LogP contribution in [-0.4, -0.2) is 160 Å². The molecule has 17 nitrogen and oxygen atoms in total. The maximum absolute atomic E-state index is 14.5. The summed E-state index contributed by atoms with van der Waals surface area (Å²) in [4.78, 5) is 46.1. The number of aromatic nitrogens is 3. The number of aliphatic hydroxyl groups excluding tert-OH is 2. The smallest absolute Gasteiger partial charge is 0.410 e. The van der Waals surface area contributed by atoms with Crippen LogP contribution in [0.2, 0.25) is 0 Å². The van der Waals surface area contributed by atoms with Gasteiger partial charge in [0.25, 0.3) is 0 Å². The standard InChI is InChI=1S/C44H71N7O10.CH3FS/c1-11-35-43(7)38(51(42(56)61-43)19-13-12-18-50-25-33(47-48-50)31-15-14-16-32(45)22-31)30(6)46-24-26(2)23-44(57-10,17-20-52)39(28(4)36(53)29(5)40(55)59-35)60-41-37(54)34(49(8)9)21-27(3)58-41;1-3-2/h14-16,22,25-30,34-35,37-39,41,46,52,54H,11-13,17-21,23-24,45H2,1-10H3;1H3/t26-,27-,28+,29-,30-,34?,35-,37?,38-,39-,41+,43-,44-;/m1./s1. The maximum Gasteiger partial charge on any atom is 0.410 e. The first-order valence-corrected chi connectivity index (χ1v) is 23.6. The molecule has 5 N–H and O–H groups in total. The van der Waals surface area contributed by atoms with Crippen molar-refractivity contribution < 1.29 is 52.2 Å². The van der Waals surface area contributed by atoms with Gasteiger partial charge in [-0.15, -0.1) is 5.10 Å². The van der Waals surface area contributed by atoms with Crippen molar-refractivity contribution in [2.45, 2.75) is 154 Å². The van der Waals surface area contributed by atoms with Crippen molar-refractivity contribution in [2.24, 2.45) is 17.8 Å². The molecule has 1 amide bonds. The Hall–Kier alpha value is -3.43. The topological polar surface area (TPSA) is 213 Å². The van der Waals surface area contributed by atoms with E-state index in [0.717, 1.165) is 5.56 Å². The minimum absolute atomic E-state index is 0.103. The summed E-state index contributed by atoms with van der Waals surface area (Å²) in [6.07, 6.45) is 1.04. The molecule has 0 spiro atoms. The Morgan fingerprint density at radius 2 is 1.81 bits per heavy atom. The van der Waals surface area contributed by atoms with E-state index in [0.29, 0.717) is 63.1 Å². The van der Waals surface area contributed by atoms with Gasteiger partial charge in [0.1, 0.15) is 23.8 Å². The first-order valence-electron chi connectivity index (χ1n) is 22.5. The summed E-state index contributed by atoms with van der Waals surface area (Å²) in [7, 11) is 5.29. The number of hydrogen-bond acceptors (Lipinski definition) is 16. The van der Waals surface area contributed by atoms with Crippen LogP contribution in [0.15, 0.2) is 30.5 Å². The number of carbonyl (C=O) groups is 3. The second-order valence-electron chi connectivity index (χ2n) is 18.2. The number of amides is 1. The van der Waals surface area contributed by atoms with Crippen LogP contribution < -0.4 is 11.1 Å². The van der Waals surface area contributed by atoms with Crippen molar-refractivity contribution in [3.63, 3.8) is 0 Å².